The Balaban J connectivity index is 2.17. The van der Waals surface area contributed by atoms with Crippen LogP contribution >= 0.6 is 0 Å². The molecular weight excluding hydrogens is 174 g/mol. The normalized spacial score (nSPS) is 10.9. The molecule has 2 rings (SSSR count). The Morgan fingerprint density at radius 2 is 2.07 bits per heavy atom. The van der Waals surface area contributed by atoms with Crippen molar-refractivity contribution >= 4 is 11.0 Å². The second kappa shape index (κ2) is 4.27. The topological polar surface area (TPSA) is 26.0 Å². The second-order valence-electron chi connectivity index (χ2n) is 3.58. The Morgan fingerprint density at radius 1 is 1.21 bits per heavy atom. The number of fused-ring (bicyclic) bond motifs is 1. The van der Waals surface area contributed by atoms with Gasteiger partial charge in [0.1, 0.15) is 0 Å². The number of hydrogen-bond acceptors (Lipinski definition) is 2. The highest BCUT2D eigenvalue weighted by Crippen LogP contribution is 2.19. The maximum atomic E-state index is 5.23. The molecule has 2 aromatic rings. The molecule has 0 fully saturated rings. The maximum Gasteiger partial charge on any atom is 0.167 e. The van der Waals surface area contributed by atoms with Crippen LogP contribution in [0.5, 0.6) is 0 Å². The molecule has 0 radical (unpaired) electrons. The zero-order valence-corrected chi connectivity index (χ0v) is 8.49. The zero-order valence-electron chi connectivity index (χ0n) is 8.49. The summed E-state index contributed by atoms with van der Waals surface area (Å²) >= 11 is 0. The minimum Gasteiger partial charge on any atom is -0.356 e. The first-order chi connectivity index (χ1) is 6.92. The second-order valence-corrected chi connectivity index (χ2v) is 3.58. The molecule has 2 heteroatoms. The van der Waals surface area contributed by atoms with E-state index in [4.69, 9.17) is 4.52 Å². The van der Waals surface area contributed by atoms with E-state index in [9.17, 15) is 0 Å². The van der Waals surface area contributed by atoms with E-state index in [0.29, 0.717) is 0 Å². The van der Waals surface area contributed by atoms with Gasteiger partial charge in [0.05, 0.1) is 5.69 Å². The lowest BCUT2D eigenvalue weighted by atomic mass is 10.1. The summed E-state index contributed by atoms with van der Waals surface area (Å²) in [6, 6.07) is 8.05. The number of aryl methyl sites for hydroxylation is 1. The monoisotopic (exact) mass is 189 g/mol. The predicted molar refractivity (Wildman–Crippen MR) is 57.2 cm³/mol. The largest absolute Gasteiger partial charge is 0.356 e. The van der Waals surface area contributed by atoms with Gasteiger partial charge >= 0.3 is 0 Å². The van der Waals surface area contributed by atoms with Crippen LogP contribution in [-0.4, -0.2) is 5.16 Å². The number of unbranched alkanes of at least 4 members (excludes halogenated alkanes) is 2. The number of hydrogen-bond donors (Lipinski definition) is 0. The van der Waals surface area contributed by atoms with Crippen LogP contribution in [0.2, 0.25) is 0 Å². The molecular formula is C12H15NO. The first kappa shape index (κ1) is 9.25. The molecule has 2 nitrogen and oxygen atoms in total. The van der Waals surface area contributed by atoms with E-state index in [0.717, 1.165) is 17.7 Å². The number of aromatic nitrogens is 1. The first-order valence-electron chi connectivity index (χ1n) is 5.25. The molecule has 0 amide bonds. The van der Waals surface area contributed by atoms with Crippen molar-refractivity contribution in [1.82, 2.24) is 5.16 Å². The van der Waals surface area contributed by atoms with Crippen LogP contribution in [0.1, 0.15) is 31.9 Å². The SMILES string of the molecule is CCCCCc1noc2ccccc12. The average molecular weight is 189 g/mol. The maximum absolute atomic E-state index is 5.23. The van der Waals surface area contributed by atoms with Crippen molar-refractivity contribution in [3.63, 3.8) is 0 Å². The summed E-state index contributed by atoms with van der Waals surface area (Å²) in [5.41, 5.74) is 2.01. The van der Waals surface area contributed by atoms with Crippen LogP contribution in [-0.2, 0) is 6.42 Å². The summed E-state index contributed by atoms with van der Waals surface area (Å²) in [5, 5.41) is 5.26. The molecule has 1 aromatic heterocycles. The van der Waals surface area contributed by atoms with Crippen molar-refractivity contribution in [2.24, 2.45) is 0 Å². The van der Waals surface area contributed by atoms with Crippen molar-refractivity contribution in [3.8, 4) is 0 Å². The summed E-state index contributed by atoms with van der Waals surface area (Å²) in [6.07, 6.45) is 4.74. The van der Waals surface area contributed by atoms with Gasteiger partial charge in [-0.2, -0.15) is 0 Å². The van der Waals surface area contributed by atoms with Gasteiger partial charge < -0.3 is 4.52 Å². The van der Waals surface area contributed by atoms with Gasteiger partial charge in [-0.3, -0.25) is 0 Å². The third kappa shape index (κ3) is 1.79. The molecule has 0 saturated heterocycles. The molecule has 0 aliphatic heterocycles. The molecule has 74 valence electrons. The molecule has 0 saturated carbocycles. The van der Waals surface area contributed by atoms with Crippen LogP contribution < -0.4 is 0 Å². The number of nitrogens with zero attached hydrogens (tertiary/aromatic N) is 1. The molecule has 0 bridgehead atoms. The van der Waals surface area contributed by atoms with Gasteiger partial charge in [-0.25, -0.2) is 0 Å². The third-order valence-electron chi connectivity index (χ3n) is 2.47. The van der Waals surface area contributed by atoms with E-state index in [1.165, 1.54) is 24.6 Å². The molecule has 0 atom stereocenters. The highest BCUT2D eigenvalue weighted by Gasteiger charge is 2.05. The van der Waals surface area contributed by atoms with Gasteiger partial charge in [0.25, 0.3) is 0 Å². The Morgan fingerprint density at radius 3 is 2.93 bits per heavy atom. The van der Waals surface area contributed by atoms with Crippen LogP contribution in [0.15, 0.2) is 28.8 Å². The molecule has 0 spiro atoms. The Bertz CT molecular complexity index is 405. The predicted octanol–water partition coefficient (Wildman–Crippen LogP) is 3.56. The molecule has 0 aliphatic carbocycles. The lowest BCUT2D eigenvalue weighted by Gasteiger charge is -1.94. The lowest BCUT2D eigenvalue weighted by Crippen LogP contribution is -1.85. The van der Waals surface area contributed by atoms with Crippen molar-refractivity contribution in [3.05, 3.63) is 30.0 Å². The lowest BCUT2D eigenvalue weighted by molar-refractivity contribution is 0.444. The van der Waals surface area contributed by atoms with Gasteiger partial charge in [-0.05, 0) is 25.0 Å². The first-order valence-corrected chi connectivity index (χ1v) is 5.25. The summed E-state index contributed by atoms with van der Waals surface area (Å²) in [4.78, 5) is 0. The molecule has 0 unspecified atom stereocenters. The summed E-state index contributed by atoms with van der Waals surface area (Å²) < 4.78 is 5.23. The van der Waals surface area contributed by atoms with E-state index in [1.54, 1.807) is 0 Å². The van der Waals surface area contributed by atoms with E-state index in [2.05, 4.69) is 18.1 Å². The van der Waals surface area contributed by atoms with Gasteiger partial charge in [-0.15, -0.1) is 0 Å². The molecule has 1 aromatic carbocycles. The van der Waals surface area contributed by atoms with Crippen LogP contribution in [0.4, 0.5) is 0 Å². The van der Waals surface area contributed by atoms with Gasteiger partial charge in [0.15, 0.2) is 5.58 Å². The van der Waals surface area contributed by atoms with Gasteiger partial charge in [-0.1, -0.05) is 37.1 Å². The Kier molecular flexibility index (Phi) is 2.82. The minimum atomic E-state index is 0.902. The summed E-state index contributed by atoms with van der Waals surface area (Å²) in [7, 11) is 0. The molecule has 0 aliphatic rings. The van der Waals surface area contributed by atoms with Gasteiger partial charge in [0, 0.05) is 5.39 Å². The zero-order chi connectivity index (χ0) is 9.80. The molecule has 1 heterocycles. The third-order valence-corrected chi connectivity index (χ3v) is 2.47. The highest BCUT2D eigenvalue weighted by molar-refractivity contribution is 5.79. The smallest absolute Gasteiger partial charge is 0.167 e. The number of benzene rings is 1. The molecule has 0 N–H and O–H groups in total. The number of rotatable bonds is 4. The van der Waals surface area contributed by atoms with Gasteiger partial charge in [0.2, 0.25) is 0 Å². The Hall–Kier alpha value is -1.31. The number of para-hydroxylation sites is 1. The van der Waals surface area contributed by atoms with Crippen LogP contribution in [0.25, 0.3) is 11.0 Å². The quantitative estimate of drug-likeness (QED) is 0.687. The van der Waals surface area contributed by atoms with Crippen molar-refractivity contribution in [2.45, 2.75) is 32.6 Å². The summed E-state index contributed by atoms with van der Waals surface area (Å²) in [5.74, 6) is 0. The van der Waals surface area contributed by atoms with Crippen LogP contribution in [0.3, 0.4) is 0 Å². The average Bonchev–Trinajstić information content (AvgIpc) is 2.63. The van der Waals surface area contributed by atoms with Crippen LogP contribution in [0, 0.1) is 0 Å². The highest BCUT2D eigenvalue weighted by atomic mass is 16.5. The minimum absolute atomic E-state index is 0.902. The molecule has 14 heavy (non-hydrogen) atoms. The fourth-order valence-electron chi connectivity index (χ4n) is 1.66. The van der Waals surface area contributed by atoms with Crippen molar-refractivity contribution < 1.29 is 4.52 Å². The standard InChI is InChI=1S/C12H15NO/c1-2-3-4-8-11-10-7-5-6-9-12(10)14-13-11/h5-7,9H,2-4,8H2,1H3. The fourth-order valence-corrected chi connectivity index (χ4v) is 1.66. The van der Waals surface area contributed by atoms with E-state index >= 15 is 0 Å². The Labute approximate surface area is 83.9 Å². The summed E-state index contributed by atoms with van der Waals surface area (Å²) in [6.45, 7) is 2.21. The van der Waals surface area contributed by atoms with E-state index < -0.39 is 0 Å². The van der Waals surface area contributed by atoms with Crippen molar-refractivity contribution in [2.75, 3.05) is 0 Å². The van der Waals surface area contributed by atoms with E-state index in [1.807, 2.05) is 18.2 Å². The van der Waals surface area contributed by atoms with E-state index in [-0.39, 0.29) is 0 Å². The van der Waals surface area contributed by atoms with Crippen molar-refractivity contribution in [1.29, 1.82) is 0 Å². The fraction of sp³-hybridized carbons (Fsp3) is 0.417.